The lowest BCUT2D eigenvalue weighted by Crippen LogP contribution is -2.17. The van der Waals surface area contributed by atoms with E-state index in [9.17, 15) is 5.11 Å². The Morgan fingerprint density at radius 2 is 2.22 bits per heavy atom. The summed E-state index contributed by atoms with van der Waals surface area (Å²) in [5.41, 5.74) is 0.748. The van der Waals surface area contributed by atoms with Crippen LogP contribution in [0.4, 0.5) is 0 Å². The second kappa shape index (κ2) is 6.42. The van der Waals surface area contributed by atoms with Crippen LogP contribution in [0, 0.1) is 0 Å². The fourth-order valence-corrected chi connectivity index (χ4v) is 1.97. The van der Waals surface area contributed by atoms with E-state index in [1.165, 1.54) is 0 Å². The Morgan fingerprint density at radius 3 is 2.94 bits per heavy atom. The van der Waals surface area contributed by atoms with Crippen molar-refractivity contribution >= 4 is 11.6 Å². The van der Waals surface area contributed by atoms with E-state index in [0.29, 0.717) is 11.6 Å². The standard InChI is InChI=1S/C13H16ClN3O/c14-12-4-1-5-13(18)11(12)10-15-6-2-8-17-9-3-7-16-17/h1,3-5,7,9,15,18H,2,6,8,10H2. The molecule has 96 valence electrons. The first kappa shape index (κ1) is 12.9. The third-order valence-corrected chi connectivity index (χ3v) is 3.05. The lowest BCUT2D eigenvalue weighted by Gasteiger charge is -2.08. The third-order valence-electron chi connectivity index (χ3n) is 2.70. The van der Waals surface area contributed by atoms with Crippen LogP contribution in [0.1, 0.15) is 12.0 Å². The van der Waals surface area contributed by atoms with E-state index in [1.807, 2.05) is 16.9 Å². The molecule has 4 nitrogen and oxygen atoms in total. The van der Waals surface area contributed by atoms with Gasteiger partial charge in [0.05, 0.1) is 0 Å². The van der Waals surface area contributed by atoms with Gasteiger partial charge in [0, 0.05) is 36.1 Å². The zero-order valence-corrected chi connectivity index (χ0v) is 10.8. The van der Waals surface area contributed by atoms with E-state index in [0.717, 1.165) is 25.1 Å². The molecule has 5 heteroatoms. The number of aryl methyl sites for hydroxylation is 1. The van der Waals surface area contributed by atoms with Gasteiger partial charge in [0.1, 0.15) is 5.75 Å². The number of nitrogens with zero attached hydrogens (tertiary/aromatic N) is 2. The molecule has 0 spiro atoms. The molecule has 0 bridgehead atoms. The molecule has 1 aromatic heterocycles. The number of phenols is 1. The molecule has 0 aliphatic heterocycles. The van der Waals surface area contributed by atoms with Gasteiger partial charge < -0.3 is 10.4 Å². The zero-order valence-electron chi connectivity index (χ0n) is 10.0. The van der Waals surface area contributed by atoms with Crippen LogP contribution in [-0.4, -0.2) is 21.4 Å². The van der Waals surface area contributed by atoms with Gasteiger partial charge in [0.2, 0.25) is 0 Å². The molecule has 0 fully saturated rings. The van der Waals surface area contributed by atoms with Crippen LogP contribution in [0.2, 0.25) is 5.02 Å². The topological polar surface area (TPSA) is 50.1 Å². The van der Waals surface area contributed by atoms with E-state index in [4.69, 9.17) is 11.6 Å². The molecule has 0 atom stereocenters. The summed E-state index contributed by atoms with van der Waals surface area (Å²) in [5.74, 6) is 0.238. The SMILES string of the molecule is Oc1cccc(Cl)c1CNCCCn1cccn1. The summed E-state index contributed by atoms with van der Waals surface area (Å²) < 4.78 is 1.90. The molecule has 1 aromatic carbocycles. The van der Waals surface area contributed by atoms with Crippen LogP contribution in [-0.2, 0) is 13.1 Å². The van der Waals surface area contributed by atoms with Gasteiger partial charge >= 0.3 is 0 Å². The van der Waals surface area contributed by atoms with E-state index in [2.05, 4.69) is 10.4 Å². The van der Waals surface area contributed by atoms with Crippen molar-refractivity contribution in [2.45, 2.75) is 19.5 Å². The molecule has 1 heterocycles. The maximum absolute atomic E-state index is 9.66. The lowest BCUT2D eigenvalue weighted by molar-refractivity contribution is 0.463. The molecule has 2 aromatic rings. The second-order valence-corrected chi connectivity index (χ2v) is 4.44. The molecule has 18 heavy (non-hydrogen) atoms. The van der Waals surface area contributed by atoms with Crippen molar-refractivity contribution in [2.24, 2.45) is 0 Å². The predicted octanol–water partition coefficient (Wildman–Crippen LogP) is 2.42. The molecule has 0 saturated carbocycles. The molecule has 0 radical (unpaired) electrons. The monoisotopic (exact) mass is 265 g/mol. The van der Waals surface area contributed by atoms with E-state index >= 15 is 0 Å². The highest BCUT2D eigenvalue weighted by Crippen LogP contribution is 2.24. The van der Waals surface area contributed by atoms with Crippen LogP contribution < -0.4 is 5.32 Å². The summed E-state index contributed by atoms with van der Waals surface area (Å²) in [6.45, 7) is 2.31. The smallest absolute Gasteiger partial charge is 0.121 e. The average molecular weight is 266 g/mol. The normalized spacial score (nSPS) is 10.7. The van der Waals surface area contributed by atoms with E-state index in [-0.39, 0.29) is 5.75 Å². The van der Waals surface area contributed by atoms with Gasteiger partial charge in [-0.15, -0.1) is 0 Å². The van der Waals surface area contributed by atoms with Gasteiger partial charge in [0.25, 0.3) is 0 Å². The van der Waals surface area contributed by atoms with Gasteiger partial charge in [-0.3, -0.25) is 4.68 Å². The highest BCUT2D eigenvalue weighted by Gasteiger charge is 2.04. The molecule has 0 aliphatic carbocycles. The van der Waals surface area contributed by atoms with Crippen LogP contribution in [0.3, 0.4) is 0 Å². The highest BCUT2D eigenvalue weighted by molar-refractivity contribution is 6.31. The fourth-order valence-electron chi connectivity index (χ4n) is 1.73. The van der Waals surface area contributed by atoms with Gasteiger partial charge in [-0.05, 0) is 31.2 Å². The van der Waals surface area contributed by atoms with E-state index in [1.54, 1.807) is 24.4 Å². The highest BCUT2D eigenvalue weighted by atomic mass is 35.5. The number of hydrogen-bond donors (Lipinski definition) is 2. The van der Waals surface area contributed by atoms with Crippen LogP contribution in [0.25, 0.3) is 0 Å². The Morgan fingerprint density at radius 1 is 1.33 bits per heavy atom. The average Bonchev–Trinajstić information content (AvgIpc) is 2.85. The number of benzene rings is 1. The molecular formula is C13H16ClN3O. The van der Waals surface area contributed by atoms with Gasteiger partial charge in [-0.1, -0.05) is 17.7 Å². The van der Waals surface area contributed by atoms with Crippen molar-refractivity contribution in [2.75, 3.05) is 6.54 Å². The predicted molar refractivity (Wildman–Crippen MR) is 71.7 cm³/mol. The maximum Gasteiger partial charge on any atom is 0.121 e. The Hall–Kier alpha value is -1.52. The number of aromatic hydroxyl groups is 1. The summed E-state index contributed by atoms with van der Waals surface area (Å²) in [6, 6.07) is 7.07. The van der Waals surface area contributed by atoms with E-state index < -0.39 is 0 Å². The number of aromatic nitrogens is 2. The van der Waals surface area contributed by atoms with Gasteiger partial charge in [0.15, 0.2) is 0 Å². The number of nitrogens with one attached hydrogen (secondary N) is 1. The Labute approximate surface area is 111 Å². The molecule has 0 aliphatic rings. The van der Waals surface area contributed by atoms with Crippen molar-refractivity contribution in [3.63, 3.8) is 0 Å². The number of hydrogen-bond acceptors (Lipinski definition) is 3. The van der Waals surface area contributed by atoms with Crippen LogP contribution in [0.5, 0.6) is 5.75 Å². The van der Waals surface area contributed by atoms with Crippen LogP contribution >= 0.6 is 11.6 Å². The maximum atomic E-state index is 9.66. The summed E-state index contributed by atoms with van der Waals surface area (Å²) in [6.07, 6.45) is 4.70. The lowest BCUT2D eigenvalue weighted by atomic mass is 10.2. The third kappa shape index (κ3) is 3.48. The summed E-state index contributed by atoms with van der Waals surface area (Å²) in [5, 5.41) is 17.6. The molecule has 0 unspecified atom stereocenters. The number of phenolic OH excluding ortho intramolecular Hbond substituents is 1. The number of rotatable bonds is 6. The first-order chi connectivity index (χ1) is 8.77. The van der Waals surface area contributed by atoms with Crippen molar-refractivity contribution < 1.29 is 5.11 Å². The fraction of sp³-hybridized carbons (Fsp3) is 0.308. The largest absolute Gasteiger partial charge is 0.508 e. The Balaban J connectivity index is 1.72. The summed E-state index contributed by atoms with van der Waals surface area (Å²) in [7, 11) is 0. The van der Waals surface area contributed by atoms with Crippen molar-refractivity contribution in [1.82, 2.24) is 15.1 Å². The Bertz CT molecular complexity index is 465. The van der Waals surface area contributed by atoms with Crippen molar-refractivity contribution in [3.05, 3.63) is 47.2 Å². The number of halogens is 1. The summed E-state index contributed by atoms with van der Waals surface area (Å²) >= 11 is 6.01. The molecule has 2 rings (SSSR count). The Kier molecular flexibility index (Phi) is 4.61. The molecule has 0 saturated heterocycles. The zero-order chi connectivity index (χ0) is 12.8. The summed E-state index contributed by atoms with van der Waals surface area (Å²) in [4.78, 5) is 0. The van der Waals surface area contributed by atoms with Gasteiger partial charge in [-0.25, -0.2) is 0 Å². The van der Waals surface area contributed by atoms with Crippen LogP contribution in [0.15, 0.2) is 36.7 Å². The molecule has 2 N–H and O–H groups in total. The minimum absolute atomic E-state index is 0.238. The first-order valence-corrected chi connectivity index (χ1v) is 6.29. The first-order valence-electron chi connectivity index (χ1n) is 5.92. The minimum Gasteiger partial charge on any atom is -0.508 e. The molecular weight excluding hydrogens is 250 g/mol. The van der Waals surface area contributed by atoms with Crippen molar-refractivity contribution in [1.29, 1.82) is 0 Å². The van der Waals surface area contributed by atoms with Gasteiger partial charge in [-0.2, -0.15) is 5.10 Å². The second-order valence-electron chi connectivity index (χ2n) is 4.04. The van der Waals surface area contributed by atoms with Crippen molar-refractivity contribution in [3.8, 4) is 5.75 Å². The minimum atomic E-state index is 0.238. The quantitative estimate of drug-likeness (QED) is 0.789. The molecule has 0 amide bonds.